The van der Waals surface area contributed by atoms with Crippen LogP contribution in [0, 0.1) is 0 Å². The van der Waals surface area contributed by atoms with E-state index in [2.05, 4.69) is 9.47 Å². The molecule has 0 unspecified atom stereocenters. The van der Waals surface area contributed by atoms with Crippen molar-refractivity contribution in [1.82, 2.24) is 0 Å². The molecule has 9 nitrogen and oxygen atoms in total. The van der Waals surface area contributed by atoms with Crippen molar-refractivity contribution < 1.29 is 78.3 Å². The van der Waals surface area contributed by atoms with Crippen LogP contribution >= 0.6 is 60.4 Å². The fraction of sp³-hybridized carbons (Fsp3) is 0.182. The first-order chi connectivity index (χ1) is 21.3. The molecule has 0 aliphatic heterocycles. The molecule has 0 bridgehead atoms. The van der Waals surface area contributed by atoms with E-state index in [0.717, 1.165) is 12.1 Å². The van der Waals surface area contributed by atoms with E-state index in [9.17, 15) is 68.8 Å². The Kier molecular flexibility index (Phi) is 11.1. The molecule has 0 aliphatic carbocycles. The van der Waals surface area contributed by atoms with E-state index < -0.39 is 99.4 Å². The van der Waals surface area contributed by atoms with Gasteiger partial charge in [-0.1, -0.05) is 12.1 Å². The molecule has 0 fully saturated rings. The lowest BCUT2D eigenvalue weighted by Crippen LogP contribution is -2.41. The monoisotopic (exact) mass is 944 g/mol. The molecule has 3 rings (SSSR count). The summed E-state index contributed by atoms with van der Waals surface area (Å²) < 4.78 is 219. The molecule has 0 saturated heterocycles. The van der Waals surface area contributed by atoms with Crippen LogP contribution in [0.5, 0.6) is 11.5 Å². The van der Waals surface area contributed by atoms with Crippen LogP contribution in [-0.4, -0.2) is 47.1 Å². The summed E-state index contributed by atoms with van der Waals surface area (Å²) in [6.07, 6.45) is -10.9. The Bertz CT molecular complexity index is 2040. The Balaban J connectivity index is 2.48. The SMILES string of the molecule is O=P(c1cccc(S(=O)(=O)F)c1)(c1ccc(OC(F)(F)C(F)(F)Br)c(S(=O)(=O)Cl)c1)c1ccc(OC(F)(F)C(F)(F)Br)c(S(=O)(=O)Cl)c1. The summed E-state index contributed by atoms with van der Waals surface area (Å²) >= 11 is 2.69. The number of benzene rings is 3. The van der Waals surface area contributed by atoms with Gasteiger partial charge >= 0.3 is 32.1 Å². The predicted molar refractivity (Wildman–Crippen MR) is 159 cm³/mol. The highest BCUT2D eigenvalue weighted by Gasteiger charge is 2.59. The maximum Gasteiger partial charge on any atom is 0.475 e. The van der Waals surface area contributed by atoms with Crippen molar-refractivity contribution in [2.45, 2.75) is 36.6 Å². The third-order valence-corrected chi connectivity index (χ3v) is 13.1. The van der Waals surface area contributed by atoms with Gasteiger partial charge in [-0.3, -0.25) is 0 Å². The number of rotatable bonds is 12. The van der Waals surface area contributed by atoms with Crippen LogP contribution in [0.15, 0.2) is 75.4 Å². The van der Waals surface area contributed by atoms with Crippen molar-refractivity contribution in [1.29, 1.82) is 0 Å². The van der Waals surface area contributed by atoms with Crippen molar-refractivity contribution in [2.75, 3.05) is 0 Å². The lowest BCUT2D eigenvalue weighted by Gasteiger charge is -2.25. The number of hydrogen-bond donors (Lipinski definition) is 0. The summed E-state index contributed by atoms with van der Waals surface area (Å²) in [4.78, 5) is -14.6. The van der Waals surface area contributed by atoms with Gasteiger partial charge in [0.05, 0.1) is 4.90 Å². The third kappa shape index (κ3) is 8.57. The van der Waals surface area contributed by atoms with Gasteiger partial charge in [-0.15, -0.1) is 3.89 Å². The third-order valence-electron chi connectivity index (χ3n) is 5.71. The topological polar surface area (TPSA) is 138 Å². The Hall–Kier alpha value is -1.75. The summed E-state index contributed by atoms with van der Waals surface area (Å²) in [5, 5.41) is -2.67. The molecular weight excluding hydrogens is 937 g/mol. The van der Waals surface area contributed by atoms with E-state index in [-0.39, 0.29) is 24.3 Å². The average molecular weight is 947 g/mol. The summed E-state index contributed by atoms with van der Waals surface area (Å²) in [5.74, 6) is -3.15. The molecule has 0 saturated carbocycles. The van der Waals surface area contributed by atoms with E-state index in [1.807, 2.05) is 0 Å². The van der Waals surface area contributed by atoms with Crippen molar-refractivity contribution in [2.24, 2.45) is 0 Å². The van der Waals surface area contributed by atoms with E-state index in [1.54, 1.807) is 0 Å². The first-order valence-electron chi connectivity index (χ1n) is 11.4. The minimum Gasteiger partial charge on any atom is -0.426 e. The minimum atomic E-state index is -5.61. The Morgan fingerprint density at radius 3 is 1.27 bits per heavy atom. The zero-order valence-corrected chi connectivity index (χ0v) is 30.1. The van der Waals surface area contributed by atoms with E-state index >= 15 is 0 Å². The van der Waals surface area contributed by atoms with Crippen LogP contribution in [0.25, 0.3) is 0 Å². The Morgan fingerprint density at radius 2 is 0.958 bits per heavy atom. The number of ether oxygens (including phenoxy) is 2. The summed E-state index contributed by atoms with van der Waals surface area (Å²) in [7, 11) is -10.8. The lowest BCUT2D eigenvalue weighted by molar-refractivity contribution is -0.267. The first kappa shape index (κ1) is 40.7. The van der Waals surface area contributed by atoms with Crippen molar-refractivity contribution in [3.63, 3.8) is 0 Å². The highest BCUT2D eigenvalue weighted by molar-refractivity contribution is 9.10. The molecule has 0 spiro atoms. The van der Waals surface area contributed by atoms with Crippen LogP contribution in [0.1, 0.15) is 0 Å². The van der Waals surface area contributed by atoms with Gasteiger partial charge in [-0.05, 0) is 48.5 Å². The quantitative estimate of drug-likeness (QED) is 0.0835. The van der Waals surface area contributed by atoms with Crippen LogP contribution in [-0.2, 0) is 32.9 Å². The number of hydrogen-bond acceptors (Lipinski definition) is 9. The van der Waals surface area contributed by atoms with Gasteiger partial charge in [-0.2, -0.15) is 43.5 Å². The van der Waals surface area contributed by atoms with Crippen molar-refractivity contribution in [3.8, 4) is 11.5 Å². The molecule has 26 heteroatoms. The van der Waals surface area contributed by atoms with Crippen molar-refractivity contribution in [3.05, 3.63) is 60.7 Å². The molecule has 3 aromatic rings. The fourth-order valence-corrected chi connectivity index (χ4v) is 9.20. The molecule has 0 N–H and O–H groups in total. The molecule has 0 aromatic heterocycles. The number of alkyl halides is 10. The van der Waals surface area contributed by atoms with Gasteiger partial charge in [-0.25, -0.2) is 16.8 Å². The largest absolute Gasteiger partial charge is 0.475 e. The molecule has 0 radical (unpaired) electrons. The molecule has 0 amide bonds. The van der Waals surface area contributed by atoms with E-state index in [0.29, 0.717) is 24.3 Å². The second kappa shape index (κ2) is 13.1. The predicted octanol–water partition coefficient (Wildman–Crippen LogP) is 6.76. The van der Waals surface area contributed by atoms with E-state index in [1.165, 1.54) is 31.9 Å². The van der Waals surface area contributed by atoms with Crippen molar-refractivity contribution >= 4 is 105 Å². The van der Waals surface area contributed by atoms with Gasteiger partial charge < -0.3 is 14.0 Å². The molecule has 266 valence electrons. The lowest BCUT2D eigenvalue weighted by atomic mass is 10.3. The standard InChI is InChI=1S/C22H10Br2Cl2F9O9PS3/c23-19(27,28)21(31,32)43-15-6-4-12(9-17(15)46(25,37)38)45(36,11-2-1-3-14(8-11)48(35,41)42)13-5-7-16(18(10-13)47(26,39)40)44-22(33,34)20(24,29)30/h1-10H. The number of halogens is 13. The molecule has 0 heterocycles. The van der Waals surface area contributed by atoms with Crippen LogP contribution in [0.4, 0.5) is 39.0 Å². The normalized spacial score (nSPS) is 14.1. The highest BCUT2D eigenvalue weighted by Crippen LogP contribution is 2.48. The molecule has 0 aliphatic rings. The molecular formula is C22H10Br2Cl2F9O9PS3. The maximum absolute atomic E-state index is 14.9. The smallest absolute Gasteiger partial charge is 0.426 e. The van der Waals surface area contributed by atoms with Gasteiger partial charge in [0, 0.05) is 69.1 Å². The Labute approximate surface area is 290 Å². The second-order valence-electron chi connectivity index (χ2n) is 8.92. The van der Waals surface area contributed by atoms with Crippen LogP contribution in [0.3, 0.4) is 0 Å². The maximum atomic E-state index is 14.9. The van der Waals surface area contributed by atoms with E-state index in [4.69, 9.17) is 21.4 Å². The highest BCUT2D eigenvalue weighted by atomic mass is 79.9. The zero-order chi connectivity index (χ0) is 37.1. The molecule has 0 atom stereocenters. The van der Waals surface area contributed by atoms with Gasteiger partial charge in [0.25, 0.3) is 18.1 Å². The van der Waals surface area contributed by atoms with Gasteiger partial charge in [0.1, 0.15) is 21.3 Å². The molecule has 3 aromatic carbocycles. The van der Waals surface area contributed by atoms with Gasteiger partial charge in [0.15, 0.2) is 7.14 Å². The second-order valence-corrected chi connectivity index (χ2v) is 20.1. The van der Waals surface area contributed by atoms with Crippen LogP contribution < -0.4 is 25.4 Å². The summed E-state index contributed by atoms with van der Waals surface area (Å²) in [5.41, 5.74) is 0. The molecule has 48 heavy (non-hydrogen) atoms. The van der Waals surface area contributed by atoms with Crippen LogP contribution in [0.2, 0.25) is 0 Å². The summed E-state index contributed by atoms with van der Waals surface area (Å²) in [6, 6.07) is 4.38. The average Bonchev–Trinajstić information content (AvgIpc) is 2.89. The fourth-order valence-electron chi connectivity index (χ4n) is 3.61. The first-order valence-corrected chi connectivity index (χ1v) is 20.7. The van der Waals surface area contributed by atoms with Gasteiger partial charge in [0.2, 0.25) is 0 Å². The minimum absolute atomic E-state index is 0.191. The zero-order valence-electron chi connectivity index (χ0n) is 22.0. The summed E-state index contributed by atoms with van der Waals surface area (Å²) in [6.45, 7) is 0. The Morgan fingerprint density at radius 1 is 0.604 bits per heavy atom.